The monoisotopic (exact) mass is 989 g/mol. The molecule has 0 radical (unpaired) electrons. The van der Waals surface area contributed by atoms with Crippen LogP contribution in [0, 0.1) is 56.7 Å². The lowest BCUT2D eigenvalue weighted by molar-refractivity contribution is -0.377. The Labute approximate surface area is 403 Å². The Bertz CT molecular complexity index is 1860. The highest BCUT2D eigenvalue weighted by molar-refractivity contribution is 5.81. The number of Topliss-reactive ketones (excluding diaryl/α,β-unsaturated/α-hetero) is 1. The van der Waals surface area contributed by atoms with Gasteiger partial charge >= 0.3 is 0 Å². The number of aliphatic hydroxyl groups excluding tert-OH is 11. The zero-order chi connectivity index (χ0) is 50.1. The second-order valence-electron chi connectivity index (χ2n) is 23.8. The second kappa shape index (κ2) is 18.6. The molecule has 4 unspecified atom stereocenters. The highest BCUT2D eigenvalue weighted by Crippen LogP contribution is 2.90. The maximum Gasteiger partial charge on any atom is 0.187 e. The fourth-order valence-corrected chi connectivity index (χ4v) is 16.6. The molecule has 2 spiro atoms. The lowest BCUT2D eigenvalue weighted by Crippen LogP contribution is -2.65. The summed E-state index contributed by atoms with van der Waals surface area (Å²) in [6.07, 6.45) is -15.8. The van der Waals surface area contributed by atoms with Crippen molar-refractivity contribution in [2.45, 2.75) is 209 Å². The van der Waals surface area contributed by atoms with Gasteiger partial charge in [0.15, 0.2) is 24.7 Å². The van der Waals surface area contributed by atoms with Gasteiger partial charge in [0.05, 0.1) is 38.6 Å². The first-order chi connectivity index (χ1) is 32.5. The van der Waals surface area contributed by atoms with Crippen molar-refractivity contribution in [3.05, 3.63) is 0 Å². The van der Waals surface area contributed by atoms with Crippen LogP contribution in [-0.4, -0.2) is 206 Å². The van der Waals surface area contributed by atoms with Gasteiger partial charge in [0.25, 0.3) is 0 Å². The molecule has 5 saturated carbocycles. The predicted octanol–water partition coefficient (Wildman–Crippen LogP) is -1.17. The van der Waals surface area contributed by atoms with Crippen LogP contribution in [0.4, 0.5) is 0 Å². The van der Waals surface area contributed by atoms with Gasteiger partial charge in [-0.15, -0.1) is 0 Å². The lowest BCUT2D eigenvalue weighted by Gasteiger charge is -2.63. The average molecular weight is 989 g/mol. The molecule has 0 aromatic carbocycles. The summed E-state index contributed by atoms with van der Waals surface area (Å²) in [5.41, 5.74) is -0.569. The lowest BCUT2D eigenvalue weighted by atomic mass is 9.41. The van der Waals surface area contributed by atoms with Crippen LogP contribution in [0.2, 0.25) is 0 Å². The number of aliphatic hydroxyl groups is 11. The topological polar surface area (TPSA) is 313 Å². The van der Waals surface area contributed by atoms with Crippen LogP contribution in [0.25, 0.3) is 0 Å². The zero-order valence-electron chi connectivity index (χ0n) is 41.0. The Kier molecular flexibility index (Phi) is 14.2. The van der Waals surface area contributed by atoms with E-state index in [0.717, 1.165) is 38.5 Å². The summed E-state index contributed by atoms with van der Waals surface area (Å²) in [7, 11) is 1.72. The minimum Gasteiger partial charge on any atom is -0.394 e. The first kappa shape index (κ1) is 52.8. The Morgan fingerprint density at radius 2 is 1.17 bits per heavy atom. The van der Waals surface area contributed by atoms with Crippen LogP contribution in [0.1, 0.15) is 99.3 Å². The first-order valence-corrected chi connectivity index (χ1v) is 25.4. The quantitative estimate of drug-likeness (QED) is 0.0915. The van der Waals surface area contributed by atoms with E-state index in [-0.39, 0.29) is 58.2 Å². The van der Waals surface area contributed by atoms with Gasteiger partial charge < -0.3 is 94.1 Å². The fraction of sp³-hybridized carbons (Fsp3) is 0.980. The third-order valence-corrected chi connectivity index (χ3v) is 20.5. The average Bonchev–Trinajstić information content (AvgIpc) is 3.84. The molecule has 0 aromatic rings. The van der Waals surface area contributed by atoms with E-state index in [1.807, 2.05) is 0 Å². The molecule has 0 bridgehead atoms. The molecule has 4 saturated heterocycles. The molecule has 9 rings (SSSR count). The van der Waals surface area contributed by atoms with Crippen LogP contribution >= 0.6 is 0 Å². The van der Waals surface area contributed by atoms with E-state index in [4.69, 9.17) is 37.9 Å². The molecule has 4 aliphatic heterocycles. The summed E-state index contributed by atoms with van der Waals surface area (Å²) in [5.74, 6) is -0.919. The molecule has 11 N–H and O–H groups in total. The van der Waals surface area contributed by atoms with E-state index < -0.39 is 141 Å². The molecule has 0 amide bonds. The third-order valence-electron chi connectivity index (χ3n) is 20.5. The maximum absolute atomic E-state index is 13.8. The van der Waals surface area contributed by atoms with Crippen molar-refractivity contribution < 1.29 is 98.9 Å². The molecule has 4 heterocycles. The van der Waals surface area contributed by atoms with Crippen molar-refractivity contribution in [3.8, 4) is 0 Å². The van der Waals surface area contributed by atoms with E-state index in [1.54, 1.807) is 14.0 Å². The van der Waals surface area contributed by atoms with Gasteiger partial charge in [0.2, 0.25) is 0 Å². The maximum atomic E-state index is 13.8. The van der Waals surface area contributed by atoms with E-state index in [1.165, 1.54) is 0 Å². The SMILES string of the molecule is CO[C@]12C[C@@]3(C)[C@@H]4CCC5C(C)(C)[C@@H](O[C@@H]6O[C@H](CO)[C@@H](O)[C@H](O)[C@H]6O[C@@H]6O[C@H](CO)[C@@H](O)[C@H](O)[C@H]6O)CC[C@@]56C[C@@]46CC[C@]3(C)C1C(C)[C@H](CC(=O)C(C)CO[C@@H]1O[C@H](CO)[C@@H](O)[C@H](O)[C@H]1O)O2. The van der Waals surface area contributed by atoms with Crippen LogP contribution in [0.3, 0.4) is 0 Å². The smallest absolute Gasteiger partial charge is 0.187 e. The van der Waals surface area contributed by atoms with Crippen molar-refractivity contribution in [1.82, 2.24) is 0 Å². The molecule has 9 aliphatic rings. The molecule has 396 valence electrons. The van der Waals surface area contributed by atoms with Crippen molar-refractivity contribution in [2.75, 3.05) is 33.5 Å². The van der Waals surface area contributed by atoms with Crippen LogP contribution in [0.5, 0.6) is 0 Å². The molecular weight excluding hydrogens is 909 g/mol. The van der Waals surface area contributed by atoms with Gasteiger partial charge in [-0.2, -0.15) is 0 Å². The first-order valence-electron chi connectivity index (χ1n) is 25.4. The number of hydrogen-bond donors (Lipinski definition) is 11. The van der Waals surface area contributed by atoms with Gasteiger partial charge in [0, 0.05) is 31.8 Å². The number of ketones is 1. The number of carbonyl (C=O) groups excluding carboxylic acids is 1. The Balaban J connectivity index is 0.877. The number of hydrogen-bond acceptors (Lipinski definition) is 20. The summed E-state index contributed by atoms with van der Waals surface area (Å²) in [5, 5.41) is 114. The van der Waals surface area contributed by atoms with Crippen LogP contribution < -0.4 is 0 Å². The molecule has 27 atom stereocenters. The fourth-order valence-electron chi connectivity index (χ4n) is 16.6. The summed E-state index contributed by atoms with van der Waals surface area (Å²) in [4.78, 5) is 13.8. The van der Waals surface area contributed by atoms with Gasteiger partial charge in [-0.05, 0) is 89.8 Å². The van der Waals surface area contributed by atoms with E-state index in [0.29, 0.717) is 18.8 Å². The van der Waals surface area contributed by atoms with Crippen LogP contribution in [-0.2, 0) is 42.7 Å². The summed E-state index contributed by atoms with van der Waals surface area (Å²) >= 11 is 0. The van der Waals surface area contributed by atoms with Crippen molar-refractivity contribution in [2.24, 2.45) is 56.7 Å². The number of rotatable bonds is 14. The van der Waals surface area contributed by atoms with Crippen molar-refractivity contribution in [3.63, 3.8) is 0 Å². The van der Waals surface area contributed by atoms with Gasteiger partial charge in [0.1, 0.15) is 79.0 Å². The van der Waals surface area contributed by atoms with E-state index in [9.17, 15) is 61.0 Å². The number of fused-ring (bicyclic) bond motifs is 4. The minimum atomic E-state index is -1.77. The molecule has 5 aliphatic carbocycles. The minimum absolute atomic E-state index is 0.00931. The summed E-state index contributed by atoms with van der Waals surface area (Å²) in [6, 6.07) is 0. The molecule has 9 fully saturated rings. The van der Waals surface area contributed by atoms with Crippen molar-refractivity contribution >= 4 is 5.78 Å². The standard InChI is InChI=1S/C49H80O20/c1-21(18-63-41-37(60)34(57)31(54)25(15-50)64-41)23(53)14-24-22(2)40-45(5)12-13-48-20-47(48)11-10-30(44(3,4)28(47)8-9-29(48)46(45,6)19-49(40,62-7)69-24)67-43-39(36(59)33(56)27(17-52)66-43)68-42-38(61)35(58)32(55)26(16-51)65-42/h21-22,24-43,50-52,54-61H,8-20H2,1-7H3/t21?,22?,24-,25+,26+,27+,28?,29-,30-,31+,32+,33+,34-,35-,36-,37+,38+,39+,40?,41+,42-,43-,45+,46-,47+,48-,49-/m0/s1. The molecule has 20 heteroatoms. The van der Waals surface area contributed by atoms with E-state index >= 15 is 0 Å². The Hall–Kier alpha value is -1.09. The molecule has 0 aromatic heterocycles. The Morgan fingerprint density at radius 3 is 1.78 bits per heavy atom. The highest BCUT2D eigenvalue weighted by atomic mass is 16.8. The number of carbonyl (C=O) groups is 1. The van der Waals surface area contributed by atoms with Gasteiger partial charge in [-0.3, -0.25) is 4.79 Å². The predicted molar refractivity (Wildman–Crippen MR) is 236 cm³/mol. The van der Waals surface area contributed by atoms with Crippen LogP contribution in [0.15, 0.2) is 0 Å². The molecule has 20 nitrogen and oxygen atoms in total. The highest BCUT2D eigenvalue weighted by Gasteiger charge is 2.85. The summed E-state index contributed by atoms with van der Waals surface area (Å²) in [6.45, 7) is 11.2. The number of ether oxygens (including phenoxy) is 8. The number of methoxy groups -OCH3 is 1. The third kappa shape index (κ3) is 7.82. The Morgan fingerprint density at radius 1 is 0.623 bits per heavy atom. The second-order valence-corrected chi connectivity index (χ2v) is 23.8. The zero-order valence-corrected chi connectivity index (χ0v) is 41.0. The van der Waals surface area contributed by atoms with Crippen molar-refractivity contribution in [1.29, 1.82) is 0 Å². The van der Waals surface area contributed by atoms with E-state index in [2.05, 4.69) is 34.6 Å². The largest absolute Gasteiger partial charge is 0.394 e. The summed E-state index contributed by atoms with van der Waals surface area (Å²) < 4.78 is 49.3. The molecule has 69 heavy (non-hydrogen) atoms. The van der Waals surface area contributed by atoms with Gasteiger partial charge in [-0.1, -0.05) is 41.5 Å². The molecular formula is C49H80O20. The van der Waals surface area contributed by atoms with Gasteiger partial charge in [-0.25, -0.2) is 0 Å². The normalized spacial score (nSPS) is 55.8.